The zero-order valence-corrected chi connectivity index (χ0v) is 11.0. The highest BCUT2D eigenvalue weighted by Gasteiger charge is 2.22. The summed E-state index contributed by atoms with van der Waals surface area (Å²) in [5.41, 5.74) is 0.518. The lowest BCUT2D eigenvalue weighted by Crippen LogP contribution is -2.11. The number of carboxylic acid groups (broad SMARTS) is 1. The van der Waals surface area contributed by atoms with Gasteiger partial charge in [-0.05, 0) is 5.92 Å². The van der Waals surface area contributed by atoms with Crippen LogP contribution in [-0.4, -0.2) is 36.2 Å². The van der Waals surface area contributed by atoms with Gasteiger partial charge in [-0.25, -0.2) is 9.48 Å². The fraction of sp³-hybridized carbons (Fsp3) is 0.545. The molecule has 19 heavy (non-hydrogen) atoms. The Kier molecular flexibility index (Phi) is 3.59. The van der Waals surface area contributed by atoms with Gasteiger partial charge in [0.25, 0.3) is 0 Å². The van der Waals surface area contributed by atoms with Crippen LogP contribution >= 0.6 is 0 Å². The van der Waals surface area contributed by atoms with E-state index in [0.29, 0.717) is 23.8 Å². The first kappa shape index (κ1) is 13.2. The van der Waals surface area contributed by atoms with E-state index in [-0.39, 0.29) is 18.2 Å². The summed E-state index contributed by atoms with van der Waals surface area (Å²) < 4.78 is 6.50. The molecule has 0 unspecified atom stereocenters. The van der Waals surface area contributed by atoms with Gasteiger partial charge < -0.3 is 9.63 Å². The fourth-order valence-electron chi connectivity index (χ4n) is 1.79. The van der Waals surface area contributed by atoms with Crippen molar-refractivity contribution in [3.8, 4) is 0 Å². The number of aromatic nitrogens is 5. The van der Waals surface area contributed by atoms with Crippen molar-refractivity contribution in [3.05, 3.63) is 23.1 Å². The standard InChI is InChI=1S/C11H15N5O3/c1-4-8-12-7(14-19-8)5-16-10(6(2)3)9(11(17)18)13-15-16/h6H,4-5H2,1-3H3,(H,17,18). The summed E-state index contributed by atoms with van der Waals surface area (Å²) in [6.07, 6.45) is 0.655. The Labute approximate surface area is 109 Å². The lowest BCUT2D eigenvalue weighted by atomic mass is 10.1. The molecule has 0 amide bonds. The zero-order chi connectivity index (χ0) is 14.0. The van der Waals surface area contributed by atoms with Gasteiger partial charge in [0, 0.05) is 6.42 Å². The summed E-state index contributed by atoms with van der Waals surface area (Å²) in [5, 5.41) is 20.4. The number of aromatic carboxylic acids is 1. The number of rotatable bonds is 5. The van der Waals surface area contributed by atoms with Crippen LogP contribution in [0.3, 0.4) is 0 Å². The first-order chi connectivity index (χ1) is 9.02. The predicted molar refractivity (Wildman–Crippen MR) is 63.8 cm³/mol. The summed E-state index contributed by atoms with van der Waals surface area (Å²) in [6, 6.07) is 0. The molecule has 0 spiro atoms. The van der Waals surface area contributed by atoms with E-state index in [1.165, 1.54) is 4.68 Å². The molecule has 2 heterocycles. The fourth-order valence-corrected chi connectivity index (χ4v) is 1.79. The summed E-state index contributed by atoms with van der Waals surface area (Å²) >= 11 is 0. The molecule has 2 aromatic rings. The molecule has 0 atom stereocenters. The molecule has 0 saturated carbocycles. The van der Waals surface area contributed by atoms with Crippen LogP contribution in [-0.2, 0) is 13.0 Å². The first-order valence-corrected chi connectivity index (χ1v) is 6.01. The smallest absolute Gasteiger partial charge is 0.358 e. The maximum absolute atomic E-state index is 11.1. The third-order valence-electron chi connectivity index (χ3n) is 2.63. The van der Waals surface area contributed by atoms with Crippen molar-refractivity contribution in [1.82, 2.24) is 25.1 Å². The van der Waals surface area contributed by atoms with Gasteiger partial charge in [0.2, 0.25) is 5.89 Å². The van der Waals surface area contributed by atoms with Crippen molar-refractivity contribution in [3.63, 3.8) is 0 Å². The Hall–Kier alpha value is -2.25. The molecule has 0 radical (unpaired) electrons. The minimum absolute atomic E-state index is 0.0151. The van der Waals surface area contributed by atoms with Crippen LogP contribution < -0.4 is 0 Å². The summed E-state index contributed by atoms with van der Waals surface area (Å²) in [7, 11) is 0. The van der Waals surface area contributed by atoms with Gasteiger partial charge in [0.1, 0.15) is 6.54 Å². The van der Waals surface area contributed by atoms with E-state index in [9.17, 15) is 4.79 Å². The Morgan fingerprint density at radius 2 is 2.21 bits per heavy atom. The van der Waals surface area contributed by atoms with Crippen LogP contribution in [0.1, 0.15) is 54.6 Å². The largest absolute Gasteiger partial charge is 0.476 e. The quantitative estimate of drug-likeness (QED) is 0.862. The van der Waals surface area contributed by atoms with Crippen LogP contribution in [0.5, 0.6) is 0 Å². The number of hydrogen-bond donors (Lipinski definition) is 1. The van der Waals surface area contributed by atoms with Crippen molar-refractivity contribution >= 4 is 5.97 Å². The highest BCUT2D eigenvalue weighted by Crippen LogP contribution is 2.18. The molecule has 0 aromatic carbocycles. The molecule has 0 saturated heterocycles. The Bertz CT molecular complexity index is 587. The molecular formula is C11H15N5O3. The van der Waals surface area contributed by atoms with E-state index in [0.717, 1.165) is 0 Å². The molecule has 102 valence electrons. The van der Waals surface area contributed by atoms with Crippen molar-refractivity contribution in [1.29, 1.82) is 0 Å². The third-order valence-corrected chi connectivity index (χ3v) is 2.63. The van der Waals surface area contributed by atoms with E-state index in [2.05, 4.69) is 20.5 Å². The average molecular weight is 265 g/mol. The second kappa shape index (κ2) is 5.17. The minimum Gasteiger partial charge on any atom is -0.476 e. The van der Waals surface area contributed by atoms with Gasteiger partial charge in [0.15, 0.2) is 11.5 Å². The second-order valence-corrected chi connectivity index (χ2v) is 4.40. The molecule has 1 N–H and O–H groups in total. The topological polar surface area (TPSA) is 107 Å². The van der Waals surface area contributed by atoms with E-state index in [1.807, 2.05) is 20.8 Å². The Balaban J connectivity index is 2.32. The van der Waals surface area contributed by atoms with E-state index >= 15 is 0 Å². The molecular weight excluding hydrogens is 250 g/mol. The summed E-state index contributed by atoms with van der Waals surface area (Å²) in [6.45, 7) is 5.93. The van der Waals surface area contributed by atoms with Gasteiger partial charge >= 0.3 is 5.97 Å². The lowest BCUT2D eigenvalue weighted by molar-refractivity contribution is 0.0688. The minimum atomic E-state index is -1.09. The summed E-state index contributed by atoms with van der Waals surface area (Å²) in [5.74, 6) is -0.101. The van der Waals surface area contributed by atoms with Gasteiger partial charge in [-0.1, -0.05) is 31.1 Å². The highest BCUT2D eigenvalue weighted by atomic mass is 16.5. The normalized spacial score (nSPS) is 11.2. The number of nitrogens with zero attached hydrogens (tertiary/aromatic N) is 5. The van der Waals surface area contributed by atoms with Gasteiger partial charge in [-0.15, -0.1) is 5.10 Å². The van der Waals surface area contributed by atoms with Gasteiger partial charge in [-0.2, -0.15) is 4.98 Å². The highest BCUT2D eigenvalue weighted by molar-refractivity contribution is 5.86. The molecule has 0 fully saturated rings. The van der Waals surface area contributed by atoms with Gasteiger partial charge in [0.05, 0.1) is 5.69 Å². The molecule has 0 bridgehead atoms. The van der Waals surface area contributed by atoms with E-state index < -0.39 is 5.97 Å². The second-order valence-electron chi connectivity index (χ2n) is 4.40. The van der Waals surface area contributed by atoms with Crippen LogP contribution in [0.4, 0.5) is 0 Å². The Morgan fingerprint density at radius 1 is 1.47 bits per heavy atom. The molecule has 2 aromatic heterocycles. The molecule has 2 rings (SSSR count). The maximum atomic E-state index is 11.1. The van der Waals surface area contributed by atoms with Crippen LogP contribution in [0.2, 0.25) is 0 Å². The van der Waals surface area contributed by atoms with Crippen molar-refractivity contribution in [2.45, 2.75) is 39.7 Å². The van der Waals surface area contributed by atoms with Crippen molar-refractivity contribution < 1.29 is 14.4 Å². The molecule has 0 aliphatic heterocycles. The van der Waals surface area contributed by atoms with Crippen molar-refractivity contribution in [2.75, 3.05) is 0 Å². The van der Waals surface area contributed by atoms with Gasteiger partial charge in [-0.3, -0.25) is 0 Å². The first-order valence-electron chi connectivity index (χ1n) is 6.01. The number of carboxylic acids is 1. The molecule has 0 aliphatic carbocycles. The molecule has 8 nitrogen and oxygen atoms in total. The third kappa shape index (κ3) is 2.61. The lowest BCUT2D eigenvalue weighted by Gasteiger charge is -2.07. The van der Waals surface area contributed by atoms with Crippen LogP contribution in [0, 0.1) is 0 Å². The predicted octanol–water partition coefficient (Wildman–Crippen LogP) is 1.09. The zero-order valence-electron chi connectivity index (χ0n) is 11.0. The summed E-state index contributed by atoms with van der Waals surface area (Å²) in [4.78, 5) is 15.2. The average Bonchev–Trinajstić information content (AvgIpc) is 2.95. The maximum Gasteiger partial charge on any atom is 0.358 e. The Morgan fingerprint density at radius 3 is 2.74 bits per heavy atom. The molecule has 0 aliphatic rings. The number of hydrogen-bond acceptors (Lipinski definition) is 6. The number of carbonyl (C=O) groups is 1. The van der Waals surface area contributed by atoms with Crippen LogP contribution in [0.25, 0.3) is 0 Å². The van der Waals surface area contributed by atoms with E-state index in [4.69, 9.17) is 9.63 Å². The molecule has 8 heteroatoms. The van der Waals surface area contributed by atoms with Crippen LogP contribution in [0.15, 0.2) is 4.52 Å². The monoisotopic (exact) mass is 265 g/mol. The van der Waals surface area contributed by atoms with E-state index in [1.54, 1.807) is 0 Å². The SMILES string of the molecule is CCc1nc(Cn2nnc(C(=O)O)c2C(C)C)no1. The van der Waals surface area contributed by atoms with Crippen molar-refractivity contribution in [2.24, 2.45) is 0 Å². The number of aryl methyl sites for hydroxylation is 1.